The van der Waals surface area contributed by atoms with Gasteiger partial charge in [0.2, 0.25) is 5.72 Å². The number of methoxy groups -OCH3 is 1. The summed E-state index contributed by atoms with van der Waals surface area (Å²) >= 11 is 0. The molecule has 1 heterocycles. The van der Waals surface area contributed by atoms with E-state index in [0.717, 1.165) is 0 Å². The quantitative estimate of drug-likeness (QED) is 0.556. The maximum atomic E-state index is 14.8. The molecule has 0 spiro atoms. The number of amides is 1. The largest absolute Gasteiger partial charge is 0.497 e. The molecular formula is C22H16F7N3O4. The molecule has 14 heteroatoms. The van der Waals surface area contributed by atoms with E-state index in [1.807, 2.05) is 6.07 Å². The van der Waals surface area contributed by atoms with Gasteiger partial charge in [-0.05, 0) is 54.1 Å². The smallest absolute Gasteiger partial charge is 0.460 e. The van der Waals surface area contributed by atoms with Crippen LogP contribution in [0.15, 0.2) is 53.6 Å². The Morgan fingerprint density at radius 3 is 2.11 bits per heavy atom. The zero-order valence-electron chi connectivity index (χ0n) is 18.2. The first-order chi connectivity index (χ1) is 16.7. The van der Waals surface area contributed by atoms with Crippen LogP contribution in [0, 0.1) is 11.3 Å². The van der Waals surface area contributed by atoms with E-state index in [9.17, 15) is 40.6 Å². The van der Waals surface area contributed by atoms with Crippen molar-refractivity contribution in [3.05, 3.63) is 59.7 Å². The van der Waals surface area contributed by atoms with Crippen molar-refractivity contribution in [2.24, 2.45) is 5.10 Å². The molecule has 1 N–H and O–H groups in total. The minimum atomic E-state index is -6.76. The predicted octanol–water partition coefficient (Wildman–Crippen LogP) is 4.10. The van der Waals surface area contributed by atoms with E-state index >= 15 is 0 Å². The summed E-state index contributed by atoms with van der Waals surface area (Å²) in [7, 11) is 1.31. The number of hydrogen-bond acceptors (Lipinski definition) is 6. The number of nitriles is 1. The fourth-order valence-electron chi connectivity index (χ4n) is 3.26. The standard InChI is InChI=1S/C22H16F7N3O4/c1-35-15-8-4-14(5-9-15)17-10-19(34,20(23,24)21(25,26)22(27,28)29)32(31-17)18(33)12-36-16-6-2-13(11-30)3-7-16/h2-9,34H,10,12H2,1H3/t19-/m0/s1. The second kappa shape index (κ2) is 9.30. The molecule has 0 aromatic heterocycles. The molecule has 0 saturated carbocycles. The molecule has 1 aliphatic rings. The van der Waals surface area contributed by atoms with Crippen LogP contribution in [-0.4, -0.2) is 59.2 Å². The van der Waals surface area contributed by atoms with Crippen LogP contribution in [0.3, 0.4) is 0 Å². The number of carbonyl (C=O) groups excluding carboxylic acids is 1. The number of hydrogen-bond donors (Lipinski definition) is 1. The molecule has 2 aromatic carbocycles. The SMILES string of the molecule is COc1ccc(C2=NN(C(=O)COc3ccc(C#N)cc3)[C@@](O)(C(F)(F)C(F)(F)C(F)(F)F)C2)cc1. The Hall–Kier alpha value is -3.86. The first-order valence-electron chi connectivity index (χ1n) is 9.90. The first-order valence-corrected chi connectivity index (χ1v) is 9.90. The summed E-state index contributed by atoms with van der Waals surface area (Å²) in [5, 5.41) is 22.3. The number of ether oxygens (including phenoxy) is 2. The maximum absolute atomic E-state index is 14.8. The van der Waals surface area contributed by atoms with Crippen LogP contribution in [0.5, 0.6) is 11.5 Å². The minimum absolute atomic E-state index is 0.0522. The molecule has 3 rings (SSSR count). The molecule has 0 radical (unpaired) electrons. The Labute approximate surface area is 198 Å². The monoisotopic (exact) mass is 519 g/mol. The molecule has 7 nitrogen and oxygen atoms in total. The van der Waals surface area contributed by atoms with E-state index < -0.39 is 53.4 Å². The zero-order valence-corrected chi connectivity index (χ0v) is 18.2. The van der Waals surface area contributed by atoms with Gasteiger partial charge in [-0.1, -0.05) is 0 Å². The van der Waals surface area contributed by atoms with Crippen molar-refractivity contribution >= 4 is 11.6 Å². The van der Waals surface area contributed by atoms with Gasteiger partial charge in [0.25, 0.3) is 5.91 Å². The summed E-state index contributed by atoms with van der Waals surface area (Å²) in [6.45, 7) is -1.17. The van der Waals surface area contributed by atoms with E-state index in [1.54, 1.807) is 0 Å². The average Bonchev–Trinajstić information content (AvgIpc) is 3.21. The number of aliphatic hydroxyl groups is 1. The number of rotatable bonds is 7. The van der Waals surface area contributed by atoms with E-state index in [2.05, 4.69) is 5.10 Å². The summed E-state index contributed by atoms with van der Waals surface area (Å²) in [5.41, 5.74) is -4.80. The first kappa shape index (κ1) is 26.7. The van der Waals surface area contributed by atoms with Crippen LogP contribution in [0.25, 0.3) is 0 Å². The van der Waals surface area contributed by atoms with Gasteiger partial charge in [0.05, 0.1) is 24.5 Å². The molecule has 36 heavy (non-hydrogen) atoms. The Bertz CT molecular complexity index is 1190. The fraction of sp³-hybridized carbons (Fsp3) is 0.318. The van der Waals surface area contributed by atoms with Crippen LogP contribution < -0.4 is 9.47 Å². The van der Waals surface area contributed by atoms with Crippen LogP contribution in [-0.2, 0) is 4.79 Å². The molecule has 1 amide bonds. The van der Waals surface area contributed by atoms with Crippen molar-refractivity contribution < 1.29 is 50.1 Å². The third kappa shape index (κ3) is 4.53. The Morgan fingerprint density at radius 1 is 1.06 bits per heavy atom. The molecule has 0 fully saturated rings. The third-order valence-electron chi connectivity index (χ3n) is 5.24. The summed E-state index contributed by atoms with van der Waals surface area (Å²) in [5.74, 6) is -14.4. The lowest BCUT2D eigenvalue weighted by Gasteiger charge is -2.41. The van der Waals surface area contributed by atoms with Gasteiger partial charge in [-0.2, -0.15) is 46.1 Å². The topological polar surface area (TPSA) is 95.1 Å². The summed E-state index contributed by atoms with van der Waals surface area (Å²) in [4.78, 5) is 12.7. The van der Waals surface area contributed by atoms with Gasteiger partial charge in [0.1, 0.15) is 11.5 Å². The summed E-state index contributed by atoms with van der Waals surface area (Å²) < 4.78 is 106. The number of halogens is 7. The van der Waals surface area contributed by atoms with Gasteiger partial charge in [0.15, 0.2) is 6.61 Å². The molecule has 1 aliphatic heterocycles. The number of hydrazone groups is 1. The van der Waals surface area contributed by atoms with Crippen molar-refractivity contribution in [1.82, 2.24) is 5.01 Å². The van der Waals surface area contributed by atoms with Crippen molar-refractivity contribution in [1.29, 1.82) is 5.26 Å². The fourth-order valence-corrected chi connectivity index (χ4v) is 3.26. The van der Waals surface area contributed by atoms with Gasteiger partial charge in [-0.15, -0.1) is 0 Å². The van der Waals surface area contributed by atoms with Gasteiger partial charge in [0, 0.05) is 6.42 Å². The highest BCUT2D eigenvalue weighted by atomic mass is 19.4. The molecule has 0 bridgehead atoms. The number of nitrogens with zero attached hydrogens (tertiary/aromatic N) is 3. The highest BCUT2D eigenvalue weighted by molar-refractivity contribution is 6.03. The van der Waals surface area contributed by atoms with Gasteiger partial charge < -0.3 is 14.6 Å². The number of benzene rings is 2. The van der Waals surface area contributed by atoms with Crippen LogP contribution in [0.2, 0.25) is 0 Å². The van der Waals surface area contributed by atoms with Gasteiger partial charge >= 0.3 is 18.0 Å². The van der Waals surface area contributed by atoms with E-state index in [4.69, 9.17) is 14.7 Å². The normalized spacial score (nSPS) is 18.4. The van der Waals surface area contributed by atoms with Crippen LogP contribution in [0.1, 0.15) is 17.5 Å². The number of carbonyl (C=O) groups is 1. The average molecular weight is 519 g/mol. The van der Waals surface area contributed by atoms with Gasteiger partial charge in [-0.25, -0.2) is 0 Å². The van der Waals surface area contributed by atoms with Crippen molar-refractivity contribution in [2.75, 3.05) is 13.7 Å². The minimum Gasteiger partial charge on any atom is -0.497 e. The Kier molecular flexibility index (Phi) is 6.91. The third-order valence-corrected chi connectivity index (χ3v) is 5.24. The van der Waals surface area contributed by atoms with E-state index in [-0.39, 0.29) is 16.9 Å². The summed E-state index contributed by atoms with van der Waals surface area (Å²) in [6, 6.07) is 11.9. The molecule has 0 saturated heterocycles. The van der Waals surface area contributed by atoms with Crippen LogP contribution in [0.4, 0.5) is 30.7 Å². The molecule has 0 unspecified atom stereocenters. The second-order valence-electron chi connectivity index (χ2n) is 7.55. The summed E-state index contributed by atoms with van der Waals surface area (Å²) in [6.07, 6.45) is -8.32. The van der Waals surface area contributed by atoms with Gasteiger partial charge in [-0.3, -0.25) is 4.79 Å². The van der Waals surface area contributed by atoms with Crippen molar-refractivity contribution in [3.8, 4) is 17.6 Å². The molecule has 2 aromatic rings. The lowest BCUT2D eigenvalue weighted by atomic mass is 9.91. The highest BCUT2D eigenvalue weighted by Gasteiger charge is 2.82. The number of alkyl halides is 7. The lowest BCUT2D eigenvalue weighted by molar-refractivity contribution is -0.401. The Morgan fingerprint density at radius 2 is 1.61 bits per heavy atom. The lowest BCUT2D eigenvalue weighted by Crippen LogP contribution is -2.69. The van der Waals surface area contributed by atoms with Crippen molar-refractivity contribution in [3.63, 3.8) is 0 Å². The predicted molar refractivity (Wildman–Crippen MR) is 109 cm³/mol. The maximum Gasteiger partial charge on any atom is 0.460 e. The highest BCUT2D eigenvalue weighted by Crippen LogP contribution is 2.54. The Balaban J connectivity index is 1.98. The van der Waals surface area contributed by atoms with Crippen LogP contribution >= 0.6 is 0 Å². The molecule has 192 valence electrons. The second-order valence-corrected chi connectivity index (χ2v) is 7.55. The van der Waals surface area contributed by atoms with E-state index in [1.165, 1.54) is 55.6 Å². The molecule has 0 aliphatic carbocycles. The zero-order chi connectivity index (χ0) is 26.9. The molecule has 1 atom stereocenters. The molecular weight excluding hydrogens is 503 g/mol. The van der Waals surface area contributed by atoms with Crippen molar-refractivity contribution in [2.45, 2.75) is 30.2 Å². The van der Waals surface area contributed by atoms with E-state index in [0.29, 0.717) is 5.75 Å².